The van der Waals surface area contributed by atoms with Gasteiger partial charge in [0.25, 0.3) is 6.71 Å². The van der Waals surface area contributed by atoms with Gasteiger partial charge in [-0.2, -0.15) is 0 Å². The molecule has 5 nitrogen and oxygen atoms in total. The molecule has 0 amide bonds. The number of nitrogens with zero attached hydrogens (tertiary/aromatic N) is 5. The minimum atomic E-state index is -0.195. The number of hydrogen-bond donors (Lipinski definition) is 0. The van der Waals surface area contributed by atoms with Crippen LogP contribution in [0.1, 0.15) is 44.5 Å². The molecule has 0 unspecified atom stereocenters. The first-order valence-electron chi connectivity index (χ1n) is 36.4. The standard InChI is InChI=1S/C98H76BN5/c1-61-25-21-26-62(2)94(61)69-41-49-86-80(53-69)81-54-70(95-63(3)27-22-28-64(95)4)42-50-87(81)103(86)77-45-47-84-90(57-77)101(75-37-17-11-18-38-75)92-59-79(100(73-33-13-9-14-34-73)74-35-15-10-16-36-74)60-93-98(92)99(84)85-48-46-78(58-91(85)102(93)76-39-19-12-20-40-76)104-88-51-43-71(96-65(5)29-23-30-66(96)6)55-82(88)83-56-72(44-52-89(83)104)97-67(7)31-24-32-68(97)8/h9-60H,1-8H3. The molecular weight excluding hydrogens is 1260 g/mol. The third-order valence-electron chi connectivity index (χ3n) is 22.5. The van der Waals surface area contributed by atoms with Gasteiger partial charge < -0.3 is 23.8 Å². The molecule has 0 aliphatic carbocycles. The van der Waals surface area contributed by atoms with Crippen molar-refractivity contribution in [1.29, 1.82) is 0 Å². The van der Waals surface area contributed by atoms with Crippen LogP contribution in [0.5, 0.6) is 0 Å². The highest BCUT2D eigenvalue weighted by molar-refractivity contribution is 7.00. The Balaban J connectivity index is 0.890. The lowest BCUT2D eigenvalue weighted by molar-refractivity contribution is 1.16. The second-order valence-electron chi connectivity index (χ2n) is 28.8. The average Bonchev–Trinajstić information content (AvgIpc) is 0.697. The summed E-state index contributed by atoms with van der Waals surface area (Å²) in [4.78, 5) is 7.57. The molecular formula is C98H76BN5. The number of hydrogen-bond acceptors (Lipinski definition) is 3. The second-order valence-corrected chi connectivity index (χ2v) is 28.8. The molecule has 104 heavy (non-hydrogen) atoms. The number of fused-ring (bicyclic) bond motifs is 10. The highest BCUT2D eigenvalue weighted by atomic mass is 15.2. The van der Waals surface area contributed by atoms with Crippen molar-refractivity contribution in [1.82, 2.24) is 9.13 Å². The lowest BCUT2D eigenvalue weighted by Gasteiger charge is -2.45. The van der Waals surface area contributed by atoms with Gasteiger partial charge >= 0.3 is 0 Å². The maximum Gasteiger partial charge on any atom is 0.252 e. The van der Waals surface area contributed by atoms with Crippen molar-refractivity contribution in [3.8, 4) is 55.9 Å². The molecule has 6 heteroatoms. The molecule has 0 radical (unpaired) electrons. The van der Waals surface area contributed by atoms with Crippen molar-refractivity contribution in [2.75, 3.05) is 14.7 Å². The molecule has 0 fully saturated rings. The Labute approximate surface area is 609 Å². The summed E-state index contributed by atoms with van der Waals surface area (Å²) in [6.07, 6.45) is 0. The summed E-state index contributed by atoms with van der Waals surface area (Å²) in [6.45, 7) is 17.7. The Morgan fingerprint density at radius 3 is 0.817 bits per heavy atom. The first kappa shape index (κ1) is 62.4. The van der Waals surface area contributed by atoms with Gasteiger partial charge in [0.05, 0.1) is 27.8 Å². The van der Waals surface area contributed by atoms with Crippen molar-refractivity contribution >= 4 is 118 Å². The summed E-state index contributed by atoms with van der Waals surface area (Å²) >= 11 is 0. The fraction of sp³-hybridized carbons (Fsp3) is 0.0816. The van der Waals surface area contributed by atoms with Crippen LogP contribution in [0, 0.1) is 55.4 Å². The summed E-state index contributed by atoms with van der Waals surface area (Å²) < 4.78 is 5.06. The Morgan fingerprint density at radius 2 is 0.519 bits per heavy atom. The quantitative estimate of drug-likeness (QED) is 0.120. The van der Waals surface area contributed by atoms with Crippen LogP contribution in [-0.2, 0) is 0 Å². The zero-order chi connectivity index (χ0) is 70.2. The minimum absolute atomic E-state index is 0.195. The summed E-state index contributed by atoms with van der Waals surface area (Å²) in [5.41, 5.74) is 40.5. The van der Waals surface area contributed by atoms with E-state index in [2.05, 4.69) is 395 Å². The molecule has 4 heterocycles. The monoisotopic (exact) mass is 1330 g/mol. The summed E-state index contributed by atoms with van der Waals surface area (Å²) in [5.74, 6) is 0. The van der Waals surface area contributed by atoms with Crippen LogP contribution < -0.4 is 31.1 Å². The van der Waals surface area contributed by atoms with Crippen molar-refractivity contribution in [2.45, 2.75) is 55.4 Å². The van der Waals surface area contributed by atoms with Gasteiger partial charge in [0.15, 0.2) is 0 Å². The maximum atomic E-state index is 2.57. The van der Waals surface area contributed by atoms with Gasteiger partial charge in [-0.25, -0.2) is 0 Å². The van der Waals surface area contributed by atoms with E-state index in [1.807, 2.05) is 0 Å². The number of rotatable bonds is 11. The molecule has 0 bridgehead atoms. The zero-order valence-corrected chi connectivity index (χ0v) is 59.8. The van der Waals surface area contributed by atoms with E-state index in [1.54, 1.807) is 0 Å². The third-order valence-corrected chi connectivity index (χ3v) is 22.5. The van der Waals surface area contributed by atoms with Crippen LogP contribution in [0.2, 0.25) is 0 Å². The van der Waals surface area contributed by atoms with Gasteiger partial charge in [-0.15, -0.1) is 0 Å². The van der Waals surface area contributed by atoms with Gasteiger partial charge in [-0.05, 0) is 294 Å². The molecule has 2 aromatic heterocycles. The van der Waals surface area contributed by atoms with Crippen LogP contribution >= 0.6 is 0 Å². The minimum Gasteiger partial charge on any atom is -0.311 e. The highest BCUT2D eigenvalue weighted by Crippen LogP contribution is 2.51. The number of anilines is 9. The lowest BCUT2D eigenvalue weighted by Crippen LogP contribution is -2.61. The van der Waals surface area contributed by atoms with Gasteiger partial charge in [0.1, 0.15) is 0 Å². The molecule has 0 atom stereocenters. The predicted octanol–water partition coefficient (Wildman–Crippen LogP) is 24.6. The molecule has 496 valence electrons. The number of aromatic nitrogens is 2. The Kier molecular flexibility index (Phi) is 14.7. The Morgan fingerprint density at radius 1 is 0.231 bits per heavy atom. The molecule has 0 spiro atoms. The number of para-hydroxylation sites is 4. The highest BCUT2D eigenvalue weighted by Gasteiger charge is 2.45. The van der Waals surface area contributed by atoms with Gasteiger partial charge in [-0.3, -0.25) is 0 Å². The van der Waals surface area contributed by atoms with E-state index in [0.717, 1.165) is 84.6 Å². The largest absolute Gasteiger partial charge is 0.311 e. The van der Waals surface area contributed by atoms with E-state index in [-0.39, 0.29) is 6.71 Å². The van der Waals surface area contributed by atoms with E-state index in [1.165, 1.54) is 127 Å². The summed E-state index contributed by atoms with van der Waals surface area (Å²) in [5, 5.41) is 4.88. The molecule has 2 aliphatic heterocycles. The van der Waals surface area contributed by atoms with Crippen molar-refractivity contribution in [2.24, 2.45) is 0 Å². The van der Waals surface area contributed by atoms with Gasteiger partial charge in [-0.1, -0.05) is 182 Å². The smallest absolute Gasteiger partial charge is 0.252 e. The first-order valence-corrected chi connectivity index (χ1v) is 36.4. The SMILES string of the molecule is Cc1cccc(C)c1-c1ccc2c(c1)c1cc(-c3c(C)cccc3C)ccc1n2-c1ccc2c(c1)N(c1ccccc1)c1cc(N(c3ccccc3)c3ccccc3)cc3c1B2c1ccc(-n2c4ccc(-c5c(C)cccc5C)cc4c4cc(-c5c(C)cccc5C)ccc42)cc1N3c1ccccc1. The molecule has 0 saturated carbocycles. The van der Waals surface area contributed by atoms with Crippen LogP contribution in [0.3, 0.4) is 0 Å². The molecule has 2 aliphatic rings. The maximum absolute atomic E-state index is 2.57. The van der Waals surface area contributed by atoms with Crippen LogP contribution in [-0.4, -0.2) is 15.8 Å². The van der Waals surface area contributed by atoms with E-state index in [4.69, 9.17) is 0 Å². The normalized spacial score (nSPS) is 12.4. The van der Waals surface area contributed by atoms with E-state index in [9.17, 15) is 0 Å². The van der Waals surface area contributed by atoms with E-state index in [0.29, 0.717) is 0 Å². The number of benzene rings is 15. The molecule has 15 aromatic carbocycles. The Hall–Kier alpha value is -12.6. The first-order chi connectivity index (χ1) is 50.9. The van der Waals surface area contributed by atoms with Crippen molar-refractivity contribution in [3.05, 3.63) is 360 Å². The van der Waals surface area contributed by atoms with Crippen molar-refractivity contribution in [3.63, 3.8) is 0 Å². The van der Waals surface area contributed by atoms with E-state index >= 15 is 0 Å². The zero-order valence-electron chi connectivity index (χ0n) is 59.8. The predicted molar refractivity (Wildman–Crippen MR) is 443 cm³/mol. The topological polar surface area (TPSA) is 19.6 Å². The second kappa shape index (κ2) is 24.6. The fourth-order valence-corrected chi connectivity index (χ4v) is 18.0. The van der Waals surface area contributed by atoms with Crippen LogP contribution in [0.15, 0.2) is 315 Å². The fourth-order valence-electron chi connectivity index (χ4n) is 18.0. The molecule has 17 aromatic rings. The molecule has 0 N–H and O–H groups in total. The van der Waals surface area contributed by atoms with Gasteiger partial charge in [0.2, 0.25) is 0 Å². The van der Waals surface area contributed by atoms with Crippen molar-refractivity contribution < 1.29 is 0 Å². The molecule has 0 saturated heterocycles. The number of aryl methyl sites for hydroxylation is 8. The summed E-state index contributed by atoms with van der Waals surface area (Å²) in [7, 11) is 0. The van der Waals surface area contributed by atoms with Crippen LogP contribution in [0.4, 0.5) is 51.2 Å². The Bertz CT molecular complexity index is 5660. The average molecular weight is 1330 g/mol. The third kappa shape index (κ3) is 9.91. The van der Waals surface area contributed by atoms with E-state index < -0.39 is 0 Å². The molecule has 19 rings (SSSR count). The summed E-state index contributed by atoms with van der Waals surface area (Å²) in [6, 6.07) is 119. The van der Waals surface area contributed by atoms with Gasteiger partial charge in [0, 0.05) is 78.4 Å². The lowest BCUT2D eigenvalue weighted by atomic mass is 9.33. The van der Waals surface area contributed by atoms with Crippen LogP contribution in [0.25, 0.3) is 99.5 Å².